The lowest BCUT2D eigenvalue weighted by Gasteiger charge is -2.24. The number of fused-ring (bicyclic) bond motifs is 1. The van der Waals surface area contributed by atoms with E-state index in [1.54, 1.807) is 23.1 Å². The Morgan fingerprint density at radius 3 is 2.61 bits per heavy atom. The maximum atomic E-state index is 12.2. The summed E-state index contributed by atoms with van der Waals surface area (Å²) in [6.07, 6.45) is 3.73. The molecular weight excluding hydrogens is 290 g/mol. The van der Waals surface area contributed by atoms with Crippen molar-refractivity contribution in [2.45, 2.75) is 19.3 Å². The fourth-order valence-corrected chi connectivity index (χ4v) is 3.06. The van der Waals surface area contributed by atoms with Crippen LogP contribution in [0, 0.1) is 6.92 Å². The van der Waals surface area contributed by atoms with Crippen molar-refractivity contribution in [3.63, 3.8) is 0 Å². The number of hydrogen-bond donors (Lipinski definition) is 1. The summed E-state index contributed by atoms with van der Waals surface area (Å²) in [5.74, 6) is 1.09. The van der Waals surface area contributed by atoms with Crippen LogP contribution in [0.4, 0.5) is 5.82 Å². The Balaban J connectivity index is 1.89. The van der Waals surface area contributed by atoms with Gasteiger partial charge in [0.1, 0.15) is 5.82 Å². The SMILES string of the molecule is Cc1nn(-c2ncccn2)c2c1[C@@H](c1ccccc1)CC(=O)N2. The van der Waals surface area contributed by atoms with Gasteiger partial charge < -0.3 is 5.32 Å². The molecule has 1 N–H and O–H groups in total. The molecule has 6 heteroatoms. The Bertz CT molecular complexity index is 857. The molecule has 2 aromatic heterocycles. The van der Waals surface area contributed by atoms with Crippen molar-refractivity contribution in [2.75, 3.05) is 5.32 Å². The lowest BCUT2D eigenvalue weighted by atomic mass is 9.86. The normalized spacial score (nSPS) is 16.7. The Morgan fingerprint density at radius 2 is 1.87 bits per heavy atom. The minimum Gasteiger partial charge on any atom is -0.310 e. The van der Waals surface area contributed by atoms with Gasteiger partial charge in [-0.15, -0.1) is 0 Å². The minimum atomic E-state index is -0.0246. The van der Waals surface area contributed by atoms with Gasteiger partial charge in [-0.1, -0.05) is 30.3 Å². The molecule has 1 atom stereocenters. The molecular formula is C17H15N5O. The highest BCUT2D eigenvalue weighted by Crippen LogP contribution is 2.39. The molecule has 4 rings (SSSR count). The Hall–Kier alpha value is -3.02. The van der Waals surface area contributed by atoms with Gasteiger partial charge in [-0.25, -0.2) is 9.97 Å². The predicted octanol–water partition coefficient (Wildman–Crippen LogP) is 2.44. The number of rotatable bonds is 2. The van der Waals surface area contributed by atoms with Crippen molar-refractivity contribution < 1.29 is 4.79 Å². The second kappa shape index (κ2) is 5.31. The predicted molar refractivity (Wildman–Crippen MR) is 85.4 cm³/mol. The van der Waals surface area contributed by atoms with Crippen LogP contribution in [0.25, 0.3) is 5.95 Å². The minimum absolute atomic E-state index is 0.00240. The van der Waals surface area contributed by atoms with Crippen LogP contribution >= 0.6 is 0 Å². The maximum Gasteiger partial charge on any atom is 0.252 e. The zero-order valence-corrected chi connectivity index (χ0v) is 12.6. The molecule has 3 aromatic rings. The molecule has 114 valence electrons. The van der Waals surface area contributed by atoms with Gasteiger partial charge in [0.15, 0.2) is 0 Å². The molecule has 0 bridgehead atoms. The first-order chi connectivity index (χ1) is 11.2. The first-order valence-electron chi connectivity index (χ1n) is 7.46. The molecule has 0 aliphatic carbocycles. The standard InChI is InChI=1S/C17H15N5O/c1-11-15-13(12-6-3-2-4-7-12)10-14(23)20-16(15)22(21-11)17-18-8-5-9-19-17/h2-9,13H,10H2,1H3,(H,20,23)/t13-/m1/s1. The fraction of sp³-hybridized carbons (Fsp3) is 0.176. The van der Waals surface area contributed by atoms with Gasteiger partial charge in [-0.05, 0) is 18.6 Å². The highest BCUT2D eigenvalue weighted by atomic mass is 16.1. The van der Waals surface area contributed by atoms with E-state index in [1.165, 1.54) is 0 Å². The van der Waals surface area contributed by atoms with Gasteiger partial charge in [0.05, 0.1) is 5.69 Å². The Kier molecular flexibility index (Phi) is 3.15. The van der Waals surface area contributed by atoms with E-state index in [4.69, 9.17) is 0 Å². The van der Waals surface area contributed by atoms with E-state index in [1.807, 2.05) is 37.3 Å². The van der Waals surface area contributed by atoms with E-state index in [2.05, 4.69) is 20.4 Å². The third kappa shape index (κ3) is 2.28. The second-order valence-electron chi connectivity index (χ2n) is 5.52. The molecule has 0 fully saturated rings. The number of anilines is 1. The third-order valence-corrected chi connectivity index (χ3v) is 4.05. The first-order valence-corrected chi connectivity index (χ1v) is 7.46. The topological polar surface area (TPSA) is 72.7 Å². The summed E-state index contributed by atoms with van der Waals surface area (Å²) in [5, 5.41) is 7.48. The van der Waals surface area contributed by atoms with E-state index in [9.17, 15) is 4.79 Å². The molecule has 1 amide bonds. The van der Waals surface area contributed by atoms with Crippen molar-refractivity contribution in [2.24, 2.45) is 0 Å². The number of benzene rings is 1. The molecule has 23 heavy (non-hydrogen) atoms. The van der Waals surface area contributed by atoms with Gasteiger partial charge >= 0.3 is 0 Å². The van der Waals surface area contributed by atoms with Gasteiger partial charge in [0.25, 0.3) is 5.95 Å². The van der Waals surface area contributed by atoms with Crippen LogP contribution in [0.5, 0.6) is 0 Å². The molecule has 3 heterocycles. The van der Waals surface area contributed by atoms with E-state index < -0.39 is 0 Å². The quantitative estimate of drug-likeness (QED) is 0.789. The lowest BCUT2D eigenvalue weighted by Crippen LogP contribution is -2.25. The van der Waals surface area contributed by atoms with Gasteiger partial charge in [-0.2, -0.15) is 9.78 Å². The number of hydrogen-bond acceptors (Lipinski definition) is 4. The van der Waals surface area contributed by atoms with Crippen molar-refractivity contribution >= 4 is 11.7 Å². The number of nitrogens with one attached hydrogen (secondary N) is 1. The van der Waals surface area contributed by atoms with Crippen LogP contribution in [-0.4, -0.2) is 25.7 Å². The average molecular weight is 305 g/mol. The second-order valence-corrected chi connectivity index (χ2v) is 5.52. The Labute approximate surface area is 133 Å². The number of aromatic nitrogens is 4. The fourth-order valence-electron chi connectivity index (χ4n) is 3.06. The largest absolute Gasteiger partial charge is 0.310 e. The number of carbonyl (C=O) groups is 1. The van der Waals surface area contributed by atoms with E-state index in [0.29, 0.717) is 18.2 Å². The first kappa shape index (κ1) is 13.6. The molecule has 6 nitrogen and oxygen atoms in total. The zero-order chi connectivity index (χ0) is 15.8. The van der Waals surface area contributed by atoms with Crippen molar-refractivity contribution in [1.29, 1.82) is 0 Å². The van der Waals surface area contributed by atoms with Crippen LogP contribution in [-0.2, 0) is 4.79 Å². The maximum absolute atomic E-state index is 12.2. The monoisotopic (exact) mass is 305 g/mol. The van der Waals surface area contributed by atoms with Crippen LogP contribution < -0.4 is 5.32 Å². The zero-order valence-electron chi connectivity index (χ0n) is 12.6. The molecule has 0 spiro atoms. The molecule has 1 aliphatic heterocycles. The summed E-state index contributed by atoms with van der Waals surface area (Å²) in [6.45, 7) is 1.95. The van der Waals surface area contributed by atoms with Gasteiger partial charge in [0.2, 0.25) is 5.91 Å². The van der Waals surface area contributed by atoms with E-state index in [0.717, 1.165) is 16.8 Å². The molecule has 1 aromatic carbocycles. The summed E-state index contributed by atoms with van der Waals surface area (Å²) in [5.41, 5.74) is 3.02. The molecule has 1 aliphatic rings. The van der Waals surface area contributed by atoms with Gasteiger partial charge in [0, 0.05) is 30.3 Å². The van der Waals surface area contributed by atoms with Crippen molar-refractivity contribution in [3.05, 3.63) is 65.6 Å². The summed E-state index contributed by atoms with van der Waals surface area (Å²) >= 11 is 0. The molecule has 0 saturated carbocycles. The van der Waals surface area contributed by atoms with E-state index in [-0.39, 0.29) is 11.8 Å². The number of aryl methyl sites for hydroxylation is 1. The lowest BCUT2D eigenvalue weighted by molar-refractivity contribution is -0.116. The highest BCUT2D eigenvalue weighted by molar-refractivity contribution is 5.95. The Morgan fingerprint density at radius 1 is 1.13 bits per heavy atom. The summed E-state index contributed by atoms with van der Waals surface area (Å²) in [4.78, 5) is 20.7. The highest BCUT2D eigenvalue weighted by Gasteiger charge is 2.32. The summed E-state index contributed by atoms with van der Waals surface area (Å²) in [7, 11) is 0. The van der Waals surface area contributed by atoms with Crippen LogP contribution in [0.3, 0.4) is 0 Å². The van der Waals surface area contributed by atoms with Crippen LogP contribution in [0.15, 0.2) is 48.8 Å². The molecule has 0 radical (unpaired) electrons. The molecule has 0 unspecified atom stereocenters. The van der Waals surface area contributed by atoms with E-state index >= 15 is 0 Å². The average Bonchev–Trinajstić information content (AvgIpc) is 2.92. The van der Waals surface area contributed by atoms with Crippen molar-refractivity contribution in [1.82, 2.24) is 19.7 Å². The number of amides is 1. The third-order valence-electron chi connectivity index (χ3n) is 4.05. The summed E-state index contributed by atoms with van der Waals surface area (Å²) in [6, 6.07) is 11.8. The summed E-state index contributed by atoms with van der Waals surface area (Å²) < 4.78 is 1.61. The van der Waals surface area contributed by atoms with Crippen LogP contribution in [0.2, 0.25) is 0 Å². The van der Waals surface area contributed by atoms with Crippen molar-refractivity contribution in [3.8, 4) is 5.95 Å². The smallest absolute Gasteiger partial charge is 0.252 e. The van der Waals surface area contributed by atoms with Gasteiger partial charge in [-0.3, -0.25) is 4.79 Å². The number of nitrogens with zero attached hydrogens (tertiary/aromatic N) is 4. The molecule has 0 saturated heterocycles. The number of carbonyl (C=O) groups excluding carboxylic acids is 1. The van der Waals surface area contributed by atoms with Crippen LogP contribution in [0.1, 0.15) is 29.2 Å².